The Kier molecular flexibility index (Phi) is 4.92. The fraction of sp³-hybridized carbons (Fsp3) is 0.538. The van der Waals surface area contributed by atoms with Gasteiger partial charge in [-0.1, -0.05) is 12.1 Å². The first-order chi connectivity index (χ1) is 8.69. The van der Waals surface area contributed by atoms with Crippen molar-refractivity contribution in [2.45, 2.75) is 32.1 Å². The molecule has 1 N–H and O–H groups in total. The van der Waals surface area contributed by atoms with Crippen LogP contribution in [0.3, 0.4) is 0 Å². The molecular weight excluding hydrogens is 271 g/mol. The van der Waals surface area contributed by atoms with Gasteiger partial charge < -0.3 is 9.84 Å². The van der Waals surface area contributed by atoms with E-state index in [0.717, 1.165) is 0 Å². The van der Waals surface area contributed by atoms with Gasteiger partial charge in [0.05, 0.1) is 17.1 Å². The van der Waals surface area contributed by atoms with Crippen LogP contribution in [-0.4, -0.2) is 30.6 Å². The summed E-state index contributed by atoms with van der Waals surface area (Å²) in [6.45, 7) is 4.30. The summed E-state index contributed by atoms with van der Waals surface area (Å²) in [5, 5.41) is 9.07. The quantitative estimate of drug-likeness (QED) is 0.899. The summed E-state index contributed by atoms with van der Waals surface area (Å²) in [5.74, 6) is -0.899. The van der Waals surface area contributed by atoms with Crippen LogP contribution in [0, 0.1) is 5.82 Å². The second-order valence-electron chi connectivity index (χ2n) is 5.17. The van der Waals surface area contributed by atoms with Crippen molar-refractivity contribution >= 4 is 9.84 Å². The Hall–Kier alpha value is -1.14. The van der Waals surface area contributed by atoms with Crippen molar-refractivity contribution < 1.29 is 22.7 Å². The molecule has 0 fully saturated rings. The lowest BCUT2D eigenvalue weighted by Gasteiger charge is -2.19. The molecule has 0 unspecified atom stereocenters. The molecule has 0 atom stereocenters. The molecule has 1 rings (SSSR count). The van der Waals surface area contributed by atoms with Crippen molar-refractivity contribution in [1.29, 1.82) is 0 Å². The molecule has 0 aromatic heterocycles. The summed E-state index contributed by atoms with van der Waals surface area (Å²) in [6, 6.07) is 4.18. The Labute approximate surface area is 113 Å². The SMILES string of the molecule is CC(C)(C)S(=O)(=O)CCOc1c(F)cccc1CO. The minimum atomic E-state index is -3.31. The third-order valence-electron chi connectivity index (χ3n) is 2.75. The van der Waals surface area contributed by atoms with Gasteiger partial charge in [0.25, 0.3) is 0 Å². The van der Waals surface area contributed by atoms with E-state index in [2.05, 4.69) is 0 Å². The number of aliphatic hydroxyl groups excluding tert-OH is 1. The van der Waals surface area contributed by atoms with Gasteiger partial charge in [-0.2, -0.15) is 0 Å². The van der Waals surface area contributed by atoms with Crippen molar-refractivity contribution in [2.75, 3.05) is 12.4 Å². The highest BCUT2D eigenvalue weighted by molar-refractivity contribution is 7.92. The van der Waals surface area contributed by atoms with Gasteiger partial charge in [0.2, 0.25) is 0 Å². The smallest absolute Gasteiger partial charge is 0.165 e. The third-order valence-corrected chi connectivity index (χ3v) is 5.32. The highest BCUT2D eigenvalue weighted by Crippen LogP contribution is 2.23. The first-order valence-electron chi connectivity index (χ1n) is 5.92. The van der Waals surface area contributed by atoms with E-state index in [1.807, 2.05) is 0 Å². The lowest BCUT2D eigenvalue weighted by Crippen LogP contribution is -2.32. The van der Waals surface area contributed by atoms with Gasteiger partial charge in [-0.25, -0.2) is 12.8 Å². The largest absolute Gasteiger partial charge is 0.489 e. The average molecular weight is 290 g/mol. The van der Waals surface area contributed by atoms with Crippen LogP contribution in [0.2, 0.25) is 0 Å². The Morgan fingerprint density at radius 3 is 2.47 bits per heavy atom. The number of sulfone groups is 1. The molecule has 0 saturated heterocycles. The lowest BCUT2D eigenvalue weighted by molar-refractivity contribution is 0.262. The fourth-order valence-electron chi connectivity index (χ4n) is 1.40. The number of hydrogen-bond acceptors (Lipinski definition) is 4. The number of ether oxygens (including phenoxy) is 1. The normalized spacial score (nSPS) is 12.5. The zero-order chi connectivity index (χ0) is 14.7. The molecule has 0 aliphatic heterocycles. The number of para-hydroxylation sites is 1. The van der Waals surface area contributed by atoms with Crippen LogP contribution >= 0.6 is 0 Å². The van der Waals surface area contributed by atoms with Gasteiger partial charge in [-0.3, -0.25) is 0 Å². The summed E-state index contributed by atoms with van der Waals surface area (Å²) in [7, 11) is -3.31. The molecule has 0 radical (unpaired) electrons. The number of halogens is 1. The summed E-state index contributed by atoms with van der Waals surface area (Å²) in [5.41, 5.74) is 0.299. The van der Waals surface area contributed by atoms with E-state index in [0.29, 0.717) is 5.56 Å². The molecule has 108 valence electrons. The molecule has 6 heteroatoms. The maximum atomic E-state index is 13.5. The maximum Gasteiger partial charge on any atom is 0.165 e. The molecule has 1 aromatic rings. The summed E-state index contributed by atoms with van der Waals surface area (Å²) in [6.07, 6.45) is 0. The minimum absolute atomic E-state index is 0.0888. The van der Waals surface area contributed by atoms with Gasteiger partial charge in [0.15, 0.2) is 21.4 Å². The number of hydrogen-bond donors (Lipinski definition) is 1. The highest BCUT2D eigenvalue weighted by atomic mass is 32.2. The first kappa shape index (κ1) is 15.9. The van der Waals surface area contributed by atoms with Crippen molar-refractivity contribution in [1.82, 2.24) is 0 Å². The number of aliphatic hydroxyl groups is 1. The zero-order valence-electron chi connectivity index (χ0n) is 11.3. The van der Waals surface area contributed by atoms with Gasteiger partial charge in [0, 0.05) is 5.56 Å². The van der Waals surface area contributed by atoms with Crippen molar-refractivity contribution in [3.63, 3.8) is 0 Å². The number of rotatable bonds is 5. The Morgan fingerprint density at radius 2 is 1.95 bits per heavy atom. The molecule has 0 heterocycles. The minimum Gasteiger partial charge on any atom is -0.489 e. The van der Waals surface area contributed by atoms with E-state index in [9.17, 15) is 12.8 Å². The van der Waals surface area contributed by atoms with Gasteiger partial charge in [0.1, 0.15) is 6.61 Å². The highest BCUT2D eigenvalue weighted by Gasteiger charge is 2.28. The van der Waals surface area contributed by atoms with Crippen LogP contribution in [0.15, 0.2) is 18.2 Å². The van der Waals surface area contributed by atoms with Gasteiger partial charge in [-0.05, 0) is 26.8 Å². The van der Waals surface area contributed by atoms with E-state index in [1.165, 1.54) is 18.2 Å². The molecule has 0 saturated carbocycles. The standard InChI is InChI=1S/C13H19FO4S/c1-13(2,3)19(16,17)8-7-18-12-10(9-15)5-4-6-11(12)14/h4-6,15H,7-9H2,1-3H3. The third kappa shape index (κ3) is 3.91. The molecule has 0 aliphatic carbocycles. The molecule has 0 aliphatic rings. The van der Waals surface area contributed by atoms with E-state index in [-0.39, 0.29) is 24.7 Å². The van der Waals surface area contributed by atoms with Crippen LogP contribution in [0.5, 0.6) is 5.75 Å². The Balaban J connectivity index is 2.75. The monoisotopic (exact) mass is 290 g/mol. The molecule has 19 heavy (non-hydrogen) atoms. The van der Waals surface area contributed by atoms with Crippen molar-refractivity contribution in [3.05, 3.63) is 29.6 Å². The van der Waals surface area contributed by atoms with Crippen LogP contribution in [0.1, 0.15) is 26.3 Å². The predicted octanol–water partition coefficient (Wildman–Crippen LogP) is 1.91. The van der Waals surface area contributed by atoms with E-state index in [4.69, 9.17) is 9.84 Å². The van der Waals surface area contributed by atoms with E-state index >= 15 is 0 Å². The predicted molar refractivity (Wildman–Crippen MR) is 71.4 cm³/mol. The molecular formula is C13H19FO4S. The van der Waals surface area contributed by atoms with E-state index in [1.54, 1.807) is 20.8 Å². The molecule has 4 nitrogen and oxygen atoms in total. The van der Waals surface area contributed by atoms with E-state index < -0.39 is 20.4 Å². The van der Waals surface area contributed by atoms with Crippen LogP contribution in [-0.2, 0) is 16.4 Å². The lowest BCUT2D eigenvalue weighted by atomic mass is 10.2. The molecule has 0 amide bonds. The average Bonchev–Trinajstić information content (AvgIpc) is 2.29. The molecule has 0 bridgehead atoms. The number of benzene rings is 1. The van der Waals surface area contributed by atoms with Gasteiger partial charge >= 0.3 is 0 Å². The van der Waals surface area contributed by atoms with Crippen LogP contribution in [0.25, 0.3) is 0 Å². The topological polar surface area (TPSA) is 63.6 Å². The second-order valence-corrected chi connectivity index (χ2v) is 8.03. The zero-order valence-corrected chi connectivity index (χ0v) is 12.1. The van der Waals surface area contributed by atoms with Crippen molar-refractivity contribution in [2.24, 2.45) is 0 Å². The molecule has 1 aromatic carbocycles. The van der Waals surface area contributed by atoms with Crippen LogP contribution in [0.4, 0.5) is 4.39 Å². The Bertz CT molecular complexity index is 532. The molecule has 0 spiro atoms. The fourth-order valence-corrected chi connectivity index (χ4v) is 2.31. The summed E-state index contributed by atoms with van der Waals surface area (Å²) in [4.78, 5) is 0. The Morgan fingerprint density at radius 1 is 1.32 bits per heavy atom. The maximum absolute atomic E-state index is 13.5. The van der Waals surface area contributed by atoms with Crippen molar-refractivity contribution in [3.8, 4) is 5.75 Å². The summed E-state index contributed by atoms with van der Waals surface area (Å²) < 4.78 is 41.5. The second kappa shape index (κ2) is 5.88. The summed E-state index contributed by atoms with van der Waals surface area (Å²) >= 11 is 0. The first-order valence-corrected chi connectivity index (χ1v) is 7.57. The van der Waals surface area contributed by atoms with Crippen LogP contribution < -0.4 is 4.74 Å². The van der Waals surface area contributed by atoms with Gasteiger partial charge in [-0.15, -0.1) is 0 Å².